The van der Waals surface area contributed by atoms with Gasteiger partial charge in [0.25, 0.3) is 5.69 Å². The highest BCUT2D eigenvalue weighted by Gasteiger charge is 2.29. The molecular weight excluding hydrogens is 277 g/mol. The Balaban J connectivity index is 2.36. The first-order valence-corrected chi connectivity index (χ1v) is 7.05. The molecule has 1 atom stereocenters. The minimum atomic E-state index is -4.03. The first-order valence-electron chi connectivity index (χ1n) is 5.57. The van der Waals surface area contributed by atoms with E-state index in [1.165, 1.54) is 0 Å². The quantitative estimate of drug-likeness (QED) is 0.616. The zero-order valence-electron chi connectivity index (χ0n) is 9.80. The van der Waals surface area contributed by atoms with Gasteiger partial charge in [0.15, 0.2) is 4.90 Å². The Morgan fingerprint density at radius 1 is 1.47 bits per heavy atom. The number of halogens is 1. The highest BCUT2D eigenvalue weighted by Crippen LogP contribution is 2.24. The van der Waals surface area contributed by atoms with Gasteiger partial charge in [-0.1, -0.05) is 0 Å². The lowest BCUT2D eigenvalue weighted by Crippen LogP contribution is -2.36. The molecule has 0 saturated carbocycles. The van der Waals surface area contributed by atoms with Crippen LogP contribution < -0.4 is 10.0 Å². The molecule has 0 aliphatic carbocycles. The number of hydrogen-bond acceptors (Lipinski definition) is 5. The Morgan fingerprint density at radius 2 is 2.21 bits per heavy atom. The highest BCUT2D eigenvalue weighted by molar-refractivity contribution is 7.89. The number of nitro groups is 1. The van der Waals surface area contributed by atoms with Crippen LogP contribution in [0.2, 0.25) is 0 Å². The largest absolute Gasteiger partial charge is 0.315 e. The molecule has 1 aromatic rings. The van der Waals surface area contributed by atoms with Gasteiger partial charge in [-0.15, -0.1) is 0 Å². The van der Waals surface area contributed by atoms with Crippen LogP contribution in [0.15, 0.2) is 23.1 Å². The van der Waals surface area contributed by atoms with Crippen LogP contribution in [0.4, 0.5) is 10.1 Å². The van der Waals surface area contributed by atoms with Crippen molar-refractivity contribution >= 4 is 15.7 Å². The van der Waals surface area contributed by atoms with Crippen molar-refractivity contribution in [2.24, 2.45) is 0 Å². The fourth-order valence-electron chi connectivity index (χ4n) is 1.90. The summed E-state index contributed by atoms with van der Waals surface area (Å²) < 4.78 is 39.5. The molecule has 2 rings (SSSR count). The van der Waals surface area contributed by atoms with E-state index in [2.05, 4.69) is 10.0 Å². The monoisotopic (exact) mass is 289 g/mol. The SMILES string of the molecule is O=[N+]([O-])c1cc(F)ccc1S(=O)(=O)NC1CCNC1. The van der Waals surface area contributed by atoms with Crippen LogP contribution in [-0.4, -0.2) is 32.5 Å². The molecule has 1 aromatic carbocycles. The maximum atomic E-state index is 13.0. The summed E-state index contributed by atoms with van der Waals surface area (Å²) in [5.74, 6) is -0.854. The van der Waals surface area contributed by atoms with Gasteiger partial charge in [-0.25, -0.2) is 17.5 Å². The lowest BCUT2D eigenvalue weighted by Gasteiger charge is -2.12. The standard InChI is InChI=1S/C10H12FN3O4S/c11-7-1-2-10(9(5-7)14(15)16)19(17,18)13-8-3-4-12-6-8/h1-2,5,8,12-13H,3-4,6H2. The van der Waals surface area contributed by atoms with Gasteiger partial charge >= 0.3 is 0 Å². The number of sulfonamides is 1. The van der Waals surface area contributed by atoms with E-state index in [-0.39, 0.29) is 6.04 Å². The molecule has 0 spiro atoms. The van der Waals surface area contributed by atoms with Crippen LogP contribution >= 0.6 is 0 Å². The van der Waals surface area contributed by atoms with Crippen LogP contribution in [-0.2, 0) is 10.0 Å². The van der Waals surface area contributed by atoms with Gasteiger partial charge in [0.05, 0.1) is 11.0 Å². The van der Waals surface area contributed by atoms with Crippen molar-refractivity contribution in [1.82, 2.24) is 10.0 Å². The Bertz CT molecular complexity index is 599. The minimum Gasteiger partial charge on any atom is -0.315 e. The second-order valence-electron chi connectivity index (χ2n) is 4.18. The van der Waals surface area contributed by atoms with Crippen molar-refractivity contribution in [3.63, 3.8) is 0 Å². The smallest absolute Gasteiger partial charge is 0.292 e. The summed E-state index contributed by atoms with van der Waals surface area (Å²) in [5, 5.41) is 13.8. The van der Waals surface area contributed by atoms with Crippen molar-refractivity contribution in [3.8, 4) is 0 Å². The Labute approximate surface area is 109 Å². The second-order valence-corrected chi connectivity index (χ2v) is 5.86. The number of nitrogens with one attached hydrogen (secondary N) is 2. The molecule has 104 valence electrons. The molecule has 1 heterocycles. The predicted molar refractivity (Wildman–Crippen MR) is 64.7 cm³/mol. The third kappa shape index (κ3) is 3.06. The number of rotatable bonds is 4. The van der Waals surface area contributed by atoms with Crippen molar-refractivity contribution < 1.29 is 17.7 Å². The zero-order valence-corrected chi connectivity index (χ0v) is 10.6. The van der Waals surface area contributed by atoms with Crippen LogP contribution in [0.3, 0.4) is 0 Å². The average Bonchev–Trinajstić information content (AvgIpc) is 2.80. The molecule has 0 bridgehead atoms. The summed E-state index contributed by atoms with van der Waals surface area (Å²) in [6, 6.07) is 2.07. The van der Waals surface area contributed by atoms with Gasteiger partial charge in [-0.2, -0.15) is 0 Å². The van der Waals surface area contributed by atoms with Gasteiger partial charge in [0.1, 0.15) is 5.82 Å². The molecule has 1 fully saturated rings. The van der Waals surface area contributed by atoms with Gasteiger partial charge in [0, 0.05) is 12.6 Å². The predicted octanol–water partition coefficient (Wildman–Crippen LogP) is 0.374. The van der Waals surface area contributed by atoms with Gasteiger partial charge in [-0.3, -0.25) is 10.1 Å². The molecule has 2 N–H and O–H groups in total. The molecule has 1 unspecified atom stereocenters. The summed E-state index contributed by atoms with van der Waals surface area (Å²) in [5.41, 5.74) is -0.765. The lowest BCUT2D eigenvalue weighted by molar-refractivity contribution is -0.388. The number of benzene rings is 1. The molecule has 0 amide bonds. The number of nitro benzene ring substituents is 1. The Hall–Kier alpha value is -1.58. The number of nitrogens with zero attached hydrogens (tertiary/aromatic N) is 1. The van der Waals surface area contributed by atoms with Crippen LogP contribution in [0.5, 0.6) is 0 Å². The van der Waals surface area contributed by atoms with Crippen LogP contribution in [0.25, 0.3) is 0 Å². The van der Waals surface area contributed by atoms with Crippen molar-refractivity contribution in [3.05, 3.63) is 34.1 Å². The van der Waals surface area contributed by atoms with Crippen molar-refractivity contribution in [2.45, 2.75) is 17.4 Å². The van der Waals surface area contributed by atoms with Crippen LogP contribution in [0.1, 0.15) is 6.42 Å². The normalized spacial score (nSPS) is 19.5. The summed E-state index contributed by atoms with van der Waals surface area (Å²) in [6.07, 6.45) is 0.605. The Kier molecular flexibility index (Phi) is 3.78. The summed E-state index contributed by atoms with van der Waals surface area (Å²) >= 11 is 0. The molecule has 7 nitrogen and oxygen atoms in total. The molecular formula is C10H12FN3O4S. The van der Waals surface area contributed by atoms with E-state index in [0.717, 1.165) is 12.1 Å². The van der Waals surface area contributed by atoms with Crippen molar-refractivity contribution in [2.75, 3.05) is 13.1 Å². The lowest BCUT2D eigenvalue weighted by atomic mass is 10.3. The molecule has 9 heteroatoms. The highest BCUT2D eigenvalue weighted by atomic mass is 32.2. The van der Waals surface area contributed by atoms with E-state index in [9.17, 15) is 22.9 Å². The van der Waals surface area contributed by atoms with E-state index >= 15 is 0 Å². The van der Waals surface area contributed by atoms with Crippen LogP contribution in [0, 0.1) is 15.9 Å². The maximum Gasteiger partial charge on any atom is 0.292 e. The van der Waals surface area contributed by atoms with E-state index in [0.29, 0.717) is 25.6 Å². The minimum absolute atomic E-state index is 0.311. The van der Waals surface area contributed by atoms with Gasteiger partial charge < -0.3 is 5.32 Å². The third-order valence-corrected chi connectivity index (χ3v) is 4.36. The average molecular weight is 289 g/mol. The topological polar surface area (TPSA) is 101 Å². The summed E-state index contributed by atoms with van der Waals surface area (Å²) in [7, 11) is -4.03. The van der Waals surface area contributed by atoms with Gasteiger partial charge in [-0.05, 0) is 25.1 Å². The molecule has 0 aromatic heterocycles. The maximum absolute atomic E-state index is 13.0. The summed E-state index contributed by atoms with van der Waals surface area (Å²) in [4.78, 5) is 9.36. The first kappa shape index (κ1) is 13.8. The van der Waals surface area contributed by atoms with E-state index in [1.807, 2.05) is 0 Å². The fraction of sp³-hybridized carbons (Fsp3) is 0.400. The molecule has 1 aliphatic rings. The van der Waals surface area contributed by atoms with Gasteiger partial charge in [0.2, 0.25) is 10.0 Å². The second kappa shape index (κ2) is 5.19. The summed E-state index contributed by atoms with van der Waals surface area (Å²) in [6.45, 7) is 1.15. The van der Waals surface area contributed by atoms with Crippen molar-refractivity contribution in [1.29, 1.82) is 0 Å². The van der Waals surface area contributed by atoms with E-state index in [4.69, 9.17) is 0 Å². The molecule has 19 heavy (non-hydrogen) atoms. The van der Waals surface area contributed by atoms with E-state index in [1.54, 1.807) is 0 Å². The fourth-order valence-corrected chi connectivity index (χ4v) is 3.32. The molecule has 1 aliphatic heterocycles. The third-order valence-electron chi connectivity index (χ3n) is 2.79. The zero-order chi connectivity index (χ0) is 14.0. The molecule has 1 saturated heterocycles. The Morgan fingerprint density at radius 3 is 2.79 bits per heavy atom. The first-order chi connectivity index (χ1) is 8.90. The van der Waals surface area contributed by atoms with E-state index < -0.39 is 31.3 Å². The number of hydrogen-bond donors (Lipinski definition) is 2. The molecule has 0 radical (unpaired) electrons.